The van der Waals surface area contributed by atoms with Gasteiger partial charge in [0.25, 0.3) is 5.91 Å². The number of rotatable bonds is 4. The van der Waals surface area contributed by atoms with Crippen LogP contribution in [0.2, 0.25) is 0 Å². The summed E-state index contributed by atoms with van der Waals surface area (Å²) in [5, 5.41) is 6.78. The molecule has 0 radical (unpaired) electrons. The maximum absolute atomic E-state index is 12.2. The van der Waals surface area contributed by atoms with E-state index in [4.69, 9.17) is 5.73 Å². The van der Waals surface area contributed by atoms with Crippen molar-refractivity contribution in [3.05, 3.63) is 22.4 Å². The third-order valence-electron chi connectivity index (χ3n) is 4.10. The fourth-order valence-electron chi connectivity index (χ4n) is 2.42. The van der Waals surface area contributed by atoms with E-state index < -0.39 is 0 Å². The van der Waals surface area contributed by atoms with Crippen LogP contribution in [0, 0.1) is 5.92 Å². The molecule has 5 nitrogen and oxygen atoms in total. The Bertz CT molecular complexity index is 485. The van der Waals surface area contributed by atoms with Gasteiger partial charge in [0.15, 0.2) is 0 Å². The summed E-state index contributed by atoms with van der Waals surface area (Å²) in [4.78, 5) is 26.1. The molecule has 2 unspecified atom stereocenters. The van der Waals surface area contributed by atoms with Gasteiger partial charge in [-0.25, -0.2) is 0 Å². The van der Waals surface area contributed by atoms with Gasteiger partial charge in [0.1, 0.15) is 0 Å². The van der Waals surface area contributed by atoms with Gasteiger partial charge in [-0.15, -0.1) is 12.4 Å². The average molecular weight is 346 g/mol. The van der Waals surface area contributed by atoms with Crippen LogP contribution in [0.15, 0.2) is 16.8 Å². The van der Waals surface area contributed by atoms with Gasteiger partial charge < -0.3 is 16.0 Å². The first-order chi connectivity index (χ1) is 9.99. The third kappa shape index (κ3) is 4.69. The van der Waals surface area contributed by atoms with E-state index in [0.717, 1.165) is 12.8 Å². The molecule has 124 valence electrons. The summed E-state index contributed by atoms with van der Waals surface area (Å²) in [5.41, 5.74) is 6.50. The lowest BCUT2D eigenvalue weighted by Gasteiger charge is -2.34. The molecule has 1 aromatic rings. The topological polar surface area (TPSA) is 75.4 Å². The van der Waals surface area contributed by atoms with Gasteiger partial charge in [-0.2, -0.15) is 11.3 Å². The van der Waals surface area contributed by atoms with Crippen LogP contribution < -0.4 is 11.1 Å². The second kappa shape index (κ2) is 8.50. The van der Waals surface area contributed by atoms with Gasteiger partial charge in [0.2, 0.25) is 5.91 Å². The SMILES string of the molecule is CC(N)C(C)C(=O)N1CCC(NC(=O)c2ccsc2)CC1.Cl. The number of nitrogens with zero attached hydrogens (tertiary/aromatic N) is 1. The normalized spacial score (nSPS) is 18.2. The number of likely N-dealkylation sites (tertiary alicyclic amines) is 1. The first kappa shape index (κ1) is 18.9. The van der Waals surface area contributed by atoms with Crippen molar-refractivity contribution in [2.24, 2.45) is 11.7 Å². The van der Waals surface area contributed by atoms with Crippen molar-refractivity contribution >= 4 is 35.6 Å². The number of hydrogen-bond acceptors (Lipinski definition) is 4. The monoisotopic (exact) mass is 345 g/mol. The molecule has 2 heterocycles. The molecule has 0 aromatic carbocycles. The fourth-order valence-corrected chi connectivity index (χ4v) is 3.06. The summed E-state index contributed by atoms with van der Waals surface area (Å²) in [6.07, 6.45) is 1.60. The van der Waals surface area contributed by atoms with E-state index in [-0.39, 0.29) is 42.2 Å². The number of carbonyl (C=O) groups excluding carboxylic acids is 2. The lowest BCUT2D eigenvalue weighted by atomic mass is 9.99. The minimum absolute atomic E-state index is 0. The Balaban J connectivity index is 0.00000242. The molecular formula is C15H24ClN3O2S. The standard InChI is InChI=1S/C15H23N3O2S.ClH/c1-10(11(2)16)15(20)18-6-3-13(4-7-18)17-14(19)12-5-8-21-9-12;/h5,8-11,13H,3-4,6-7,16H2,1-2H3,(H,17,19);1H. The van der Waals surface area contributed by atoms with Crippen LogP contribution in [0.3, 0.4) is 0 Å². The number of carbonyl (C=O) groups is 2. The predicted octanol–water partition coefficient (Wildman–Crippen LogP) is 1.87. The average Bonchev–Trinajstić information content (AvgIpc) is 3.00. The van der Waals surface area contributed by atoms with Crippen LogP contribution >= 0.6 is 23.7 Å². The molecule has 0 aliphatic carbocycles. The molecule has 0 spiro atoms. The first-order valence-corrected chi connectivity index (χ1v) is 8.30. The minimum atomic E-state index is -0.151. The number of thiophene rings is 1. The lowest BCUT2D eigenvalue weighted by Crippen LogP contribution is -2.49. The maximum atomic E-state index is 12.2. The lowest BCUT2D eigenvalue weighted by molar-refractivity contribution is -0.136. The molecule has 0 bridgehead atoms. The van der Waals surface area contributed by atoms with E-state index in [0.29, 0.717) is 18.7 Å². The molecule has 1 aliphatic rings. The van der Waals surface area contributed by atoms with E-state index in [1.54, 1.807) is 0 Å². The van der Waals surface area contributed by atoms with Gasteiger partial charge in [-0.1, -0.05) is 6.92 Å². The molecule has 0 saturated carbocycles. The second-order valence-electron chi connectivity index (χ2n) is 5.73. The van der Waals surface area contributed by atoms with Crippen molar-refractivity contribution < 1.29 is 9.59 Å². The Morgan fingerprint density at radius 1 is 1.36 bits per heavy atom. The van der Waals surface area contributed by atoms with E-state index in [2.05, 4.69) is 5.32 Å². The van der Waals surface area contributed by atoms with Crippen LogP contribution in [-0.2, 0) is 4.79 Å². The molecule has 1 fully saturated rings. The van der Waals surface area contributed by atoms with Gasteiger partial charge >= 0.3 is 0 Å². The van der Waals surface area contributed by atoms with Crippen molar-refractivity contribution in [1.82, 2.24) is 10.2 Å². The number of amides is 2. The fraction of sp³-hybridized carbons (Fsp3) is 0.600. The van der Waals surface area contributed by atoms with Crippen molar-refractivity contribution in [3.8, 4) is 0 Å². The molecule has 1 aliphatic heterocycles. The highest BCUT2D eigenvalue weighted by molar-refractivity contribution is 7.08. The summed E-state index contributed by atoms with van der Waals surface area (Å²) in [6.45, 7) is 5.10. The molecule has 1 aromatic heterocycles. The predicted molar refractivity (Wildman–Crippen MR) is 91.4 cm³/mol. The second-order valence-corrected chi connectivity index (χ2v) is 6.51. The Kier molecular flexibility index (Phi) is 7.32. The van der Waals surface area contributed by atoms with Crippen molar-refractivity contribution in [1.29, 1.82) is 0 Å². The highest BCUT2D eigenvalue weighted by atomic mass is 35.5. The number of nitrogens with two attached hydrogens (primary N) is 1. The number of nitrogens with one attached hydrogen (secondary N) is 1. The highest BCUT2D eigenvalue weighted by Crippen LogP contribution is 2.15. The van der Waals surface area contributed by atoms with Crippen molar-refractivity contribution in [2.45, 2.75) is 38.8 Å². The van der Waals surface area contributed by atoms with Crippen molar-refractivity contribution in [3.63, 3.8) is 0 Å². The number of halogens is 1. The highest BCUT2D eigenvalue weighted by Gasteiger charge is 2.28. The van der Waals surface area contributed by atoms with Gasteiger partial charge in [0, 0.05) is 36.1 Å². The number of piperidine rings is 1. The van der Waals surface area contributed by atoms with Gasteiger partial charge in [-0.05, 0) is 31.2 Å². The van der Waals surface area contributed by atoms with E-state index in [1.807, 2.05) is 35.6 Å². The molecular weight excluding hydrogens is 322 g/mol. The van der Waals surface area contributed by atoms with Gasteiger partial charge in [0.05, 0.1) is 5.92 Å². The maximum Gasteiger partial charge on any atom is 0.252 e. The smallest absolute Gasteiger partial charge is 0.252 e. The molecule has 1 saturated heterocycles. The van der Waals surface area contributed by atoms with Crippen LogP contribution in [0.5, 0.6) is 0 Å². The Morgan fingerprint density at radius 3 is 2.50 bits per heavy atom. The molecule has 2 rings (SSSR count). The third-order valence-corrected chi connectivity index (χ3v) is 4.79. The Labute approximate surface area is 141 Å². The zero-order chi connectivity index (χ0) is 15.4. The van der Waals surface area contributed by atoms with Crippen LogP contribution in [-0.4, -0.2) is 41.9 Å². The summed E-state index contributed by atoms with van der Waals surface area (Å²) in [7, 11) is 0. The summed E-state index contributed by atoms with van der Waals surface area (Å²) in [5.74, 6) is -0.0560. The van der Waals surface area contributed by atoms with Crippen LogP contribution in [0.4, 0.5) is 0 Å². The molecule has 2 atom stereocenters. The molecule has 7 heteroatoms. The van der Waals surface area contributed by atoms with Gasteiger partial charge in [-0.3, -0.25) is 9.59 Å². The van der Waals surface area contributed by atoms with Crippen LogP contribution in [0.25, 0.3) is 0 Å². The van der Waals surface area contributed by atoms with Crippen LogP contribution in [0.1, 0.15) is 37.0 Å². The van der Waals surface area contributed by atoms with E-state index in [9.17, 15) is 9.59 Å². The molecule has 22 heavy (non-hydrogen) atoms. The molecule has 2 amide bonds. The number of hydrogen-bond donors (Lipinski definition) is 2. The van der Waals surface area contributed by atoms with Crippen molar-refractivity contribution in [2.75, 3.05) is 13.1 Å². The largest absolute Gasteiger partial charge is 0.349 e. The molecule has 3 N–H and O–H groups in total. The zero-order valence-corrected chi connectivity index (χ0v) is 14.6. The van der Waals surface area contributed by atoms with E-state index >= 15 is 0 Å². The zero-order valence-electron chi connectivity index (χ0n) is 13.0. The Hall–Kier alpha value is -1.11. The summed E-state index contributed by atoms with van der Waals surface area (Å²) in [6, 6.07) is 1.84. The van der Waals surface area contributed by atoms with E-state index in [1.165, 1.54) is 11.3 Å². The summed E-state index contributed by atoms with van der Waals surface area (Å²) < 4.78 is 0. The Morgan fingerprint density at radius 2 is 2.00 bits per heavy atom. The summed E-state index contributed by atoms with van der Waals surface area (Å²) >= 11 is 1.51. The quantitative estimate of drug-likeness (QED) is 0.874. The first-order valence-electron chi connectivity index (χ1n) is 7.36. The minimum Gasteiger partial charge on any atom is -0.349 e.